The predicted octanol–water partition coefficient (Wildman–Crippen LogP) is 3.59. The fourth-order valence-corrected chi connectivity index (χ4v) is 1.42. The fraction of sp³-hybridized carbons (Fsp3) is 0.167. The molecular formula is C12H12FNO. The van der Waals surface area contributed by atoms with Crippen molar-refractivity contribution in [2.45, 2.75) is 13.0 Å². The van der Waals surface area contributed by atoms with Crippen molar-refractivity contribution in [3.8, 4) is 0 Å². The second kappa shape index (κ2) is 4.17. The van der Waals surface area contributed by atoms with Crippen LogP contribution in [0.3, 0.4) is 0 Å². The summed E-state index contributed by atoms with van der Waals surface area (Å²) in [5.41, 5.74) is 0.487. The molecule has 2 aromatic rings. The molecule has 1 aromatic heterocycles. The van der Waals surface area contributed by atoms with Crippen LogP contribution in [-0.2, 0) is 0 Å². The minimum atomic E-state index is -0.254. The minimum absolute atomic E-state index is 0.0445. The number of rotatable bonds is 3. The van der Waals surface area contributed by atoms with E-state index in [1.165, 1.54) is 6.07 Å². The topological polar surface area (TPSA) is 25.2 Å². The Kier molecular flexibility index (Phi) is 2.72. The average Bonchev–Trinajstić information content (AvgIpc) is 2.74. The van der Waals surface area contributed by atoms with E-state index in [0.717, 1.165) is 5.76 Å². The summed E-state index contributed by atoms with van der Waals surface area (Å²) < 4.78 is 18.5. The van der Waals surface area contributed by atoms with Crippen LogP contribution in [0.1, 0.15) is 18.7 Å². The lowest BCUT2D eigenvalue weighted by Crippen LogP contribution is -2.06. The smallest absolute Gasteiger partial charge is 0.146 e. The highest BCUT2D eigenvalue weighted by molar-refractivity contribution is 5.45. The van der Waals surface area contributed by atoms with E-state index in [9.17, 15) is 4.39 Å². The highest BCUT2D eigenvalue weighted by Crippen LogP contribution is 2.21. The molecule has 0 amide bonds. The Morgan fingerprint density at radius 3 is 2.67 bits per heavy atom. The van der Waals surface area contributed by atoms with Gasteiger partial charge in [-0.3, -0.25) is 0 Å². The maximum Gasteiger partial charge on any atom is 0.146 e. The molecule has 3 heteroatoms. The number of hydrogen-bond donors (Lipinski definition) is 1. The van der Waals surface area contributed by atoms with Crippen LogP contribution >= 0.6 is 0 Å². The van der Waals surface area contributed by atoms with Crippen LogP contribution in [0.4, 0.5) is 10.1 Å². The third-order valence-corrected chi connectivity index (χ3v) is 2.22. The van der Waals surface area contributed by atoms with Crippen LogP contribution < -0.4 is 5.32 Å². The molecular weight excluding hydrogens is 193 g/mol. The van der Waals surface area contributed by atoms with E-state index in [1.807, 2.05) is 19.1 Å². The fourth-order valence-electron chi connectivity index (χ4n) is 1.42. The normalized spacial score (nSPS) is 12.4. The maximum absolute atomic E-state index is 13.3. The maximum atomic E-state index is 13.3. The van der Waals surface area contributed by atoms with Crippen molar-refractivity contribution in [3.05, 3.63) is 54.2 Å². The number of benzene rings is 1. The van der Waals surface area contributed by atoms with E-state index in [-0.39, 0.29) is 11.9 Å². The zero-order chi connectivity index (χ0) is 10.7. The van der Waals surface area contributed by atoms with E-state index < -0.39 is 0 Å². The molecule has 0 saturated heterocycles. The van der Waals surface area contributed by atoms with Crippen molar-refractivity contribution in [1.29, 1.82) is 0 Å². The molecule has 0 unspecified atom stereocenters. The van der Waals surface area contributed by atoms with Gasteiger partial charge in [0.05, 0.1) is 18.0 Å². The van der Waals surface area contributed by atoms with Gasteiger partial charge >= 0.3 is 0 Å². The largest absolute Gasteiger partial charge is 0.467 e. The van der Waals surface area contributed by atoms with Gasteiger partial charge in [0.25, 0.3) is 0 Å². The Morgan fingerprint density at radius 2 is 2.00 bits per heavy atom. The standard InChI is InChI=1S/C12H12FNO/c1-9(12-7-4-8-15-12)14-11-6-3-2-5-10(11)13/h2-9,14H,1H3/t9-/m1/s1. The minimum Gasteiger partial charge on any atom is -0.467 e. The summed E-state index contributed by atoms with van der Waals surface area (Å²) in [5, 5.41) is 3.04. The van der Waals surface area contributed by atoms with E-state index in [2.05, 4.69) is 5.32 Å². The van der Waals surface area contributed by atoms with E-state index in [4.69, 9.17) is 4.42 Å². The van der Waals surface area contributed by atoms with Gasteiger partial charge in [0.1, 0.15) is 11.6 Å². The number of hydrogen-bond acceptors (Lipinski definition) is 2. The molecule has 0 spiro atoms. The van der Waals surface area contributed by atoms with Gasteiger partial charge in [-0.05, 0) is 31.2 Å². The van der Waals surface area contributed by atoms with Crippen molar-refractivity contribution in [1.82, 2.24) is 0 Å². The molecule has 0 aliphatic heterocycles. The molecule has 0 bridgehead atoms. The van der Waals surface area contributed by atoms with Crippen LogP contribution in [0.2, 0.25) is 0 Å². The second-order valence-corrected chi connectivity index (χ2v) is 3.36. The van der Waals surface area contributed by atoms with Crippen molar-refractivity contribution in [2.24, 2.45) is 0 Å². The quantitative estimate of drug-likeness (QED) is 0.828. The number of anilines is 1. The number of nitrogens with one attached hydrogen (secondary N) is 1. The Bertz CT molecular complexity index is 425. The number of halogens is 1. The third kappa shape index (κ3) is 2.18. The lowest BCUT2D eigenvalue weighted by Gasteiger charge is -2.13. The summed E-state index contributed by atoms with van der Waals surface area (Å²) in [4.78, 5) is 0. The predicted molar refractivity (Wildman–Crippen MR) is 57.1 cm³/mol. The molecule has 0 saturated carbocycles. The molecule has 15 heavy (non-hydrogen) atoms. The lowest BCUT2D eigenvalue weighted by atomic mass is 10.2. The summed E-state index contributed by atoms with van der Waals surface area (Å²) in [6, 6.07) is 10.2. The molecule has 78 valence electrons. The molecule has 0 radical (unpaired) electrons. The Hall–Kier alpha value is -1.77. The lowest BCUT2D eigenvalue weighted by molar-refractivity contribution is 0.489. The van der Waals surface area contributed by atoms with Crippen LogP contribution in [-0.4, -0.2) is 0 Å². The molecule has 1 atom stereocenters. The first-order valence-electron chi connectivity index (χ1n) is 4.82. The Morgan fingerprint density at radius 1 is 1.20 bits per heavy atom. The second-order valence-electron chi connectivity index (χ2n) is 3.36. The highest BCUT2D eigenvalue weighted by Gasteiger charge is 2.09. The zero-order valence-electron chi connectivity index (χ0n) is 8.41. The molecule has 2 nitrogen and oxygen atoms in total. The van der Waals surface area contributed by atoms with Crippen LogP contribution in [0.5, 0.6) is 0 Å². The molecule has 1 aromatic carbocycles. The molecule has 1 heterocycles. The van der Waals surface area contributed by atoms with E-state index in [0.29, 0.717) is 5.69 Å². The van der Waals surface area contributed by atoms with Gasteiger partial charge in [-0.2, -0.15) is 0 Å². The van der Waals surface area contributed by atoms with Gasteiger partial charge in [0.2, 0.25) is 0 Å². The van der Waals surface area contributed by atoms with E-state index in [1.54, 1.807) is 24.5 Å². The van der Waals surface area contributed by atoms with Gasteiger partial charge in [-0.15, -0.1) is 0 Å². The van der Waals surface area contributed by atoms with Crippen LogP contribution in [0.15, 0.2) is 47.1 Å². The molecule has 0 fully saturated rings. The number of furan rings is 1. The molecule has 0 aliphatic rings. The Labute approximate surface area is 87.7 Å². The Balaban J connectivity index is 2.13. The van der Waals surface area contributed by atoms with Gasteiger partial charge in [0, 0.05) is 0 Å². The molecule has 1 N–H and O–H groups in total. The first kappa shape index (κ1) is 9.77. The van der Waals surface area contributed by atoms with Gasteiger partial charge in [0.15, 0.2) is 0 Å². The van der Waals surface area contributed by atoms with E-state index >= 15 is 0 Å². The summed E-state index contributed by atoms with van der Waals surface area (Å²) in [7, 11) is 0. The van der Waals surface area contributed by atoms with Crippen molar-refractivity contribution >= 4 is 5.69 Å². The monoisotopic (exact) mass is 205 g/mol. The van der Waals surface area contributed by atoms with Crippen molar-refractivity contribution in [2.75, 3.05) is 5.32 Å². The SMILES string of the molecule is C[C@@H](Nc1ccccc1F)c1ccco1. The van der Waals surface area contributed by atoms with Crippen molar-refractivity contribution < 1.29 is 8.81 Å². The molecule has 0 aliphatic carbocycles. The average molecular weight is 205 g/mol. The number of para-hydroxylation sites is 1. The van der Waals surface area contributed by atoms with Crippen LogP contribution in [0.25, 0.3) is 0 Å². The van der Waals surface area contributed by atoms with Crippen molar-refractivity contribution in [3.63, 3.8) is 0 Å². The van der Waals surface area contributed by atoms with Gasteiger partial charge < -0.3 is 9.73 Å². The first-order chi connectivity index (χ1) is 7.27. The summed E-state index contributed by atoms with van der Waals surface area (Å²) in [5.74, 6) is 0.536. The van der Waals surface area contributed by atoms with Gasteiger partial charge in [-0.25, -0.2) is 4.39 Å². The van der Waals surface area contributed by atoms with Crippen LogP contribution in [0, 0.1) is 5.82 Å². The summed E-state index contributed by atoms with van der Waals surface area (Å²) in [6.07, 6.45) is 1.61. The van der Waals surface area contributed by atoms with Gasteiger partial charge in [-0.1, -0.05) is 12.1 Å². The highest BCUT2D eigenvalue weighted by atomic mass is 19.1. The molecule has 2 rings (SSSR count). The third-order valence-electron chi connectivity index (χ3n) is 2.22. The zero-order valence-corrected chi connectivity index (χ0v) is 8.41. The summed E-state index contributed by atoms with van der Waals surface area (Å²) >= 11 is 0. The summed E-state index contributed by atoms with van der Waals surface area (Å²) in [6.45, 7) is 1.92. The first-order valence-corrected chi connectivity index (χ1v) is 4.82.